The third-order valence-corrected chi connectivity index (χ3v) is 4.19. The van der Waals surface area contributed by atoms with Crippen molar-refractivity contribution < 1.29 is 9.18 Å². The molecule has 1 aromatic rings. The zero-order valence-corrected chi connectivity index (χ0v) is 12.4. The van der Waals surface area contributed by atoms with Crippen molar-refractivity contribution >= 4 is 5.91 Å². The summed E-state index contributed by atoms with van der Waals surface area (Å²) in [7, 11) is 1.68. The molecular formula is C16H20FN3O. The number of carbonyl (C=O) groups is 1. The molecule has 1 aliphatic rings. The third-order valence-electron chi connectivity index (χ3n) is 4.19. The van der Waals surface area contributed by atoms with Gasteiger partial charge in [0.2, 0.25) is 5.91 Å². The Morgan fingerprint density at radius 1 is 1.57 bits per heavy atom. The van der Waals surface area contributed by atoms with Crippen LogP contribution in [0.3, 0.4) is 0 Å². The first-order valence-corrected chi connectivity index (χ1v) is 7.21. The van der Waals surface area contributed by atoms with E-state index in [0.717, 1.165) is 25.8 Å². The minimum absolute atomic E-state index is 0.00994. The second kappa shape index (κ2) is 6.23. The molecule has 4 nitrogen and oxygen atoms in total. The first-order chi connectivity index (χ1) is 10.0. The Hall–Kier alpha value is -1.93. The van der Waals surface area contributed by atoms with E-state index in [1.807, 2.05) is 13.0 Å². The van der Waals surface area contributed by atoms with Gasteiger partial charge in [0.25, 0.3) is 0 Å². The van der Waals surface area contributed by atoms with Gasteiger partial charge in [0.05, 0.1) is 17.2 Å². The van der Waals surface area contributed by atoms with Crippen LogP contribution in [-0.2, 0) is 11.3 Å². The highest BCUT2D eigenvalue weighted by Gasteiger charge is 2.40. The average molecular weight is 289 g/mol. The molecule has 1 heterocycles. The van der Waals surface area contributed by atoms with Crippen LogP contribution in [0.2, 0.25) is 0 Å². The van der Waals surface area contributed by atoms with Crippen LogP contribution in [0.1, 0.15) is 37.3 Å². The number of amides is 1. The van der Waals surface area contributed by atoms with Crippen molar-refractivity contribution in [2.75, 3.05) is 13.6 Å². The Balaban J connectivity index is 2.16. The lowest BCUT2D eigenvalue weighted by Gasteiger charge is -2.32. The highest BCUT2D eigenvalue weighted by molar-refractivity contribution is 5.86. The summed E-state index contributed by atoms with van der Waals surface area (Å²) in [5.41, 5.74) is 0.253. The summed E-state index contributed by atoms with van der Waals surface area (Å²) in [5.74, 6) is -0.400. The van der Waals surface area contributed by atoms with E-state index in [1.54, 1.807) is 11.9 Å². The van der Waals surface area contributed by atoms with Crippen molar-refractivity contribution in [2.45, 2.75) is 38.3 Å². The van der Waals surface area contributed by atoms with E-state index in [2.05, 4.69) is 5.32 Å². The number of nitriles is 1. The fourth-order valence-corrected chi connectivity index (χ4v) is 2.90. The normalized spacial score (nSPS) is 21.0. The molecular weight excluding hydrogens is 269 g/mol. The van der Waals surface area contributed by atoms with Crippen LogP contribution in [0, 0.1) is 17.1 Å². The van der Waals surface area contributed by atoms with Gasteiger partial charge in [-0.2, -0.15) is 5.26 Å². The largest absolute Gasteiger partial charge is 0.340 e. The van der Waals surface area contributed by atoms with E-state index in [1.165, 1.54) is 18.2 Å². The fourth-order valence-electron chi connectivity index (χ4n) is 2.90. The fraction of sp³-hybridized carbons (Fsp3) is 0.500. The molecule has 5 heteroatoms. The average Bonchev–Trinajstić information content (AvgIpc) is 2.98. The van der Waals surface area contributed by atoms with Crippen LogP contribution in [0.5, 0.6) is 0 Å². The monoisotopic (exact) mass is 289 g/mol. The van der Waals surface area contributed by atoms with Gasteiger partial charge < -0.3 is 10.2 Å². The van der Waals surface area contributed by atoms with Gasteiger partial charge in [0.1, 0.15) is 5.82 Å². The van der Waals surface area contributed by atoms with Crippen LogP contribution in [0.15, 0.2) is 18.2 Å². The topological polar surface area (TPSA) is 56.1 Å². The quantitative estimate of drug-likeness (QED) is 0.924. The smallest absolute Gasteiger partial charge is 0.242 e. The van der Waals surface area contributed by atoms with Crippen LogP contribution in [-0.4, -0.2) is 29.9 Å². The second-order valence-electron chi connectivity index (χ2n) is 5.55. The molecule has 0 saturated carbocycles. The molecule has 1 unspecified atom stereocenters. The number of nitrogens with zero attached hydrogens (tertiary/aromatic N) is 2. The van der Waals surface area contributed by atoms with Gasteiger partial charge in [0, 0.05) is 19.2 Å². The van der Waals surface area contributed by atoms with Crippen LogP contribution in [0.4, 0.5) is 4.39 Å². The number of hydrogen-bond acceptors (Lipinski definition) is 3. The van der Waals surface area contributed by atoms with Gasteiger partial charge in [-0.1, -0.05) is 6.92 Å². The lowest BCUT2D eigenvalue weighted by molar-refractivity contribution is -0.137. The van der Waals surface area contributed by atoms with Gasteiger partial charge in [-0.15, -0.1) is 0 Å². The molecule has 2 rings (SSSR count). The number of rotatable bonds is 4. The van der Waals surface area contributed by atoms with Crippen molar-refractivity contribution in [2.24, 2.45) is 0 Å². The maximum atomic E-state index is 13.8. The van der Waals surface area contributed by atoms with Gasteiger partial charge in [-0.3, -0.25) is 4.79 Å². The zero-order valence-electron chi connectivity index (χ0n) is 12.4. The van der Waals surface area contributed by atoms with Crippen LogP contribution >= 0.6 is 0 Å². The highest BCUT2D eigenvalue weighted by Crippen LogP contribution is 2.26. The maximum absolute atomic E-state index is 13.8. The van der Waals surface area contributed by atoms with Crippen molar-refractivity contribution in [1.29, 1.82) is 5.26 Å². The molecule has 0 aromatic heterocycles. The van der Waals surface area contributed by atoms with Crippen molar-refractivity contribution in [1.82, 2.24) is 10.2 Å². The van der Waals surface area contributed by atoms with E-state index in [4.69, 9.17) is 5.26 Å². The summed E-state index contributed by atoms with van der Waals surface area (Å²) in [6, 6.07) is 6.20. The molecule has 21 heavy (non-hydrogen) atoms. The molecule has 112 valence electrons. The number of halogens is 1. The van der Waals surface area contributed by atoms with Crippen molar-refractivity contribution in [3.05, 3.63) is 35.1 Å². The molecule has 0 aliphatic carbocycles. The van der Waals surface area contributed by atoms with Crippen molar-refractivity contribution in [3.63, 3.8) is 0 Å². The molecule has 0 spiro atoms. The standard InChI is InChI=1S/C16H20FN3O/c1-3-16(7-4-8-19-16)15(21)20(2)11-13-9-12(10-18)5-6-14(13)17/h5-6,9,19H,3-4,7-8,11H2,1-2H3. The Labute approximate surface area is 124 Å². The van der Waals surface area contributed by atoms with E-state index in [-0.39, 0.29) is 12.5 Å². The van der Waals surface area contributed by atoms with Gasteiger partial charge in [0.15, 0.2) is 0 Å². The Bertz CT molecular complexity index is 573. The SMILES string of the molecule is CCC1(C(=O)N(C)Cc2cc(C#N)ccc2F)CCCN1. The van der Waals surface area contributed by atoms with E-state index in [9.17, 15) is 9.18 Å². The van der Waals surface area contributed by atoms with Gasteiger partial charge in [-0.05, 0) is 44.0 Å². The first-order valence-electron chi connectivity index (χ1n) is 7.21. The predicted molar refractivity (Wildman–Crippen MR) is 77.8 cm³/mol. The minimum atomic E-state index is -0.516. The molecule has 0 radical (unpaired) electrons. The van der Waals surface area contributed by atoms with E-state index < -0.39 is 11.4 Å². The van der Waals surface area contributed by atoms with Crippen molar-refractivity contribution in [3.8, 4) is 6.07 Å². The molecule has 1 N–H and O–H groups in total. The number of nitrogens with one attached hydrogen (secondary N) is 1. The van der Waals surface area contributed by atoms with Gasteiger partial charge >= 0.3 is 0 Å². The summed E-state index contributed by atoms with van der Waals surface area (Å²) in [6.45, 7) is 3.00. The summed E-state index contributed by atoms with van der Waals surface area (Å²) >= 11 is 0. The van der Waals surface area contributed by atoms with E-state index in [0.29, 0.717) is 11.1 Å². The summed E-state index contributed by atoms with van der Waals surface area (Å²) in [6.07, 6.45) is 2.51. The molecule has 1 saturated heterocycles. The molecule has 1 fully saturated rings. The first kappa shape index (κ1) is 15.5. The molecule has 0 bridgehead atoms. The molecule has 1 aliphatic heterocycles. The molecule has 1 amide bonds. The van der Waals surface area contributed by atoms with E-state index >= 15 is 0 Å². The summed E-state index contributed by atoms with van der Waals surface area (Å²) in [4.78, 5) is 14.2. The Kier molecular flexibility index (Phi) is 4.59. The molecule has 1 atom stereocenters. The van der Waals surface area contributed by atoms with Crippen LogP contribution in [0.25, 0.3) is 0 Å². The van der Waals surface area contributed by atoms with Gasteiger partial charge in [-0.25, -0.2) is 4.39 Å². The lowest BCUT2D eigenvalue weighted by atomic mass is 9.92. The lowest BCUT2D eigenvalue weighted by Crippen LogP contribution is -2.53. The number of benzene rings is 1. The predicted octanol–water partition coefficient (Wildman–Crippen LogP) is 2.19. The second-order valence-corrected chi connectivity index (χ2v) is 5.55. The number of hydrogen-bond donors (Lipinski definition) is 1. The maximum Gasteiger partial charge on any atom is 0.242 e. The third kappa shape index (κ3) is 3.06. The Morgan fingerprint density at radius 2 is 2.33 bits per heavy atom. The molecule has 1 aromatic carbocycles. The Morgan fingerprint density at radius 3 is 2.90 bits per heavy atom. The van der Waals surface area contributed by atoms with Crippen LogP contribution < -0.4 is 5.32 Å². The highest BCUT2D eigenvalue weighted by atomic mass is 19.1. The minimum Gasteiger partial charge on any atom is -0.340 e. The number of carbonyl (C=O) groups excluding carboxylic acids is 1. The number of likely N-dealkylation sites (N-methyl/N-ethyl adjacent to an activating group) is 1. The zero-order chi connectivity index (χ0) is 15.5. The summed E-state index contributed by atoms with van der Waals surface area (Å²) in [5, 5.41) is 12.2. The summed E-state index contributed by atoms with van der Waals surface area (Å²) < 4.78 is 13.8.